The van der Waals surface area contributed by atoms with Gasteiger partial charge in [0.2, 0.25) is 0 Å². The zero-order chi connectivity index (χ0) is 28.3. The normalized spacial score (nSPS) is 18.9. The van der Waals surface area contributed by atoms with Crippen LogP contribution >= 0.6 is 12.2 Å². The number of aromatic nitrogens is 2. The minimum atomic E-state index is -1.04. The number of hydrogen-bond acceptors (Lipinski definition) is 7. The molecule has 1 fully saturated rings. The summed E-state index contributed by atoms with van der Waals surface area (Å²) >= 11 is 5.36. The predicted octanol–water partition coefficient (Wildman–Crippen LogP) is 4.89. The third-order valence-electron chi connectivity index (χ3n) is 7.30. The van der Waals surface area contributed by atoms with Crippen LogP contribution in [0.4, 0.5) is 0 Å². The molecule has 8 nitrogen and oxygen atoms in total. The number of rotatable bonds is 9. The molecule has 208 valence electrons. The molecule has 2 heterocycles. The summed E-state index contributed by atoms with van der Waals surface area (Å²) in [5.41, 5.74) is 1.90. The van der Waals surface area contributed by atoms with Crippen molar-refractivity contribution in [3.63, 3.8) is 0 Å². The van der Waals surface area contributed by atoms with Crippen molar-refractivity contribution in [1.29, 1.82) is 0 Å². The van der Waals surface area contributed by atoms with Gasteiger partial charge in [0.15, 0.2) is 4.77 Å². The summed E-state index contributed by atoms with van der Waals surface area (Å²) in [6.07, 6.45) is -0.0278. The molecule has 40 heavy (non-hydrogen) atoms. The molecule has 0 spiro atoms. The SMILES string of the molecule is COc1ccc(C(OCC2OC(n3cc(C)c(=O)[nH]c3=S)CC2O)(c2ccccc2)c2ccc(OC)cc2)cc1. The molecular formula is C31H32N2O6S. The van der Waals surface area contributed by atoms with E-state index in [1.807, 2.05) is 78.9 Å². The minimum Gasteiger partial charge on any atom is -0.497 e. The smallest absolute Gasteiger partial charge is 0.254 e. The maximum absolute atomic E-state index is 12.0. The number of nitrogens with one attached hydrogen (secondary N) is 1. The van der Waals surface area contributed by atoms with Crippen LogP contribution in [-0.4, -0.2) is 47.7 Å². The van der Waals surface area contributed by atoms with Crippen LogP contribution in [0.25, 0.3) is 0 Å². The molecule has 0 amide bonds. The van der Waals surface area contributed by atoms with Gasteiger partial charge in [-0.05, 0) is 60.1 Å². The highest BCUT2D eigenvalue weighted by atomic mass is 32.1. The fourth-order valence-electron chi connectivity index (χ4n) is 5.12. The van der Waals surface area contributed by atoms with Crippen LogP contribution in [0.2, 0.25) is 0 Å². The lowest BCUT2D eigenvalue weighted by Crippen LogP contribution is -2.38. The number of H-pyrrole nitrogens is 1. The number of hydrogen-bond donors (Lipinski definition) is 2. The molecule has 9 heteroatoms. The zero-order valence-corrected chi connectivity index (χ0v) is 23.4. The van der Waals surface area contributed by atoms with Crippen LogP contribution in [0.5, 0.6) is 11.5 Å². The van der Waals surface area contributed by atoms with Gasteiger partial charge in [-0.1, -0.05) is 54.6 Å². The molecule has 1 aromatic heterocycles. The summed E-state index contributed by atoms with van der Waals surface area (Å²) < 4.78 is 25.9. The fraction of sp³-hybridized carbons (Fsp3) is 0.290. The standard InChI is InChI=1S/C31H32N2O6S/c1-20-18-33(30(40)32-29(20)35)28-17-26(34)27(39-28)19-38-31(21-7-5-4-6-8-21,22-9-13-24(36-2)14-10-22)23-11-15-25(37-3)16-12-23/h4-16,18,26-28,34H,17,19H2,1-3H3,(H,32,35,40). The first kappa shape index (κ1) is 27.8. The van der Waals surface area contributed by atoms with Crippen molar-refractivity contribution in [2.75, 3.05) is 20.8 Å². The van der Waals surface area contributed by atoms with Crippen LogP contribution in [0.15, 0.2) is 89.9 Å². The van der Waals surface area contributed by atoms with Crippen molar-refractivity contribution in [2.45, 2.75) is 37.4 Å². The van der Waals surface area contributed by atoms with E-state index < -0.39 is 24.0 Å². The van der Waals surface area contributed by atoms with Crippen molar-refractivity contribution in [3.8, 4) is 11.5 Å². The Morgan fingerprint density at radius 2 is 1.50 bits per heavy atom. The van der Waals surface area contributed by atoms with Gasteiger partial charge in [-0.15, -0.1) is 0 Å². The number of nitrogens with zero attached hydrogens (tertiary/aromatic N) is 1. The molecule has 3 unspecified atom stereocenters. The lowest BCUT2D eigenvalue weighted by molar-refractivity contribution is -0.0941. The molecule has 0 aliphatic carbocycles. The van der Waals surface area contributed by atoms with Gasteiger partial charge in [0, 0.05) is 18.2 Å². The van der Waals surface area contributed by atoms with Gasteiger partial charge in [-0.25, -0.2) is 0 Å². The van der Waals surface area contributed by atoms with Crippen LogP contribution in [-0.2, 0) is 15.1 Å². The molecule has 5 rings (SSSR count). The number of aliphatic hydroxyl groups excluding tert-OH is 1. The molecule has 3 aromatic carbocycles. The minimum absolute atomic E-state index is 0.0836. The monoisotopic (exact) mass is 560 g/mol. The van der Waals surface area contributed by atoms with Gasteiger partial charge in [-0.2, -0.15) is 0 Å². The van der Waals surface area contributed by atoms with Crippen molar-refractivity contribution in [3.05, 3.63) is 122 Å². The van der Waals surface area contributed by atoms with Gasteiger partial charge in [-0.3, -0.25) is 14.3 Å². The predicted molar refractivity (Wildman–Crippen MR) is 153 cm³/mol. The van der Waals surface area contributed by atoms with Crippen LogP contribution < -0.4 is 15.0 Å². The van der Waals surface area contributed by atoms with E-state index in [0.717, 1.165) is 28.2 Å². The van der Waals surface area contributed by atoms with Crippen molar-refractivity contribution in [1.82, 2.24) is 9.55 Å². The topological polar surface area (TPSA) is 94.9 Å². The van der Waals surface area contributed by atoms with E-state index in [0.29, 0.717) is 12.0 Å². The average Bonchev–Trinajstić information content (AvgIpc) is 3.36. The van der Waals surface area contributed by atoms with Gasteiger partial charge in [0.1, 0.15) is 29.4 Å². The van der Waals surface area contributed by atoms with Crippen LogP contribution in [0, 0.1) is 11.7 Å². The quantitative estimate of drug-likeness (QED) is 0.222. The zero-order valence-electron chi connectivity index (χ0n) is 22.6. The molecule has 2 N–H and O–H groups in total. The number of methoxy groups -OCH3 is 2. The van der Waals surface area contributed by atoms with Crippen molar-refractivity contribution in [2.24, 2.45) is 0 Å². The molecular weight excluding hydrogens is 528 g/mol. The Hall–Kier alpha value is -3.76. The Balaban J connectivity index is 1.54. The second-order valence-corrected chi connectivity index (χ2v) is 10.1. The number of aromatic amines is 1. The molecule has 0 radical (unpaired) electrons. The third kappa shape index (κ3) is 5.33. The van der Waals surface area contributed by atoms with Crippen LogP contribution in [0.3, 0.4) is 0 Å². The lowest BCUT2D eigenvalue weighted by atomic mass is 9.80. The third-order valence-corrected chi connectivity index (χ3v) is 7.61. The first-order valence-electron chi connectivity index (χ1n) is 13.0. The van der Waals surface area contributed by atoms with E-state index in [4.69, 9.17) is 31.2 Å². The van der Waals surface area contributed by atoms with E-state index in [1.54, 1.807) is 31.9 Å². The first-order chi connectivity index (χ1) is 19.3. The molecule has 0 bridgehead atoms. The Morgan fingerprint density at radius 1 is 0.950 bits per heavy atom. The average molecular weight is 561 g/mol. The Bertz CT molecular complexity index is 1500. The molecule has 1 saturated heterocycles. The summed E-state index contributed by atoms with van der Waals surface area (Å²) in [5.74, 6) is 1.46. The Labute approximate surface area is 237 Å². The van der Waals surface area contributed by atoms with E-state index in [-0.39, 0.29) is 16.9 Å². The Kier molecular flexibility index (Phi) is 8.18. The summed E-state index contributed by atoms with van der Waals surface area (Å²) in [6, 6.07) is 25.5. The maximum atomic E-state index is 12.0. The second kappa shape index (κ2) is 11.8. The highest BCUT2D eigenvalue weighted by Gasteiger charge is 2.42. The maximum Gasteiger partial charge on any atom is 0.254 e. The van der Waals surface area contributed by atoms with Crippen molar-refractivity contribution >= 4 is 12.2 Å². The first-order valence-corrected chi connectivity index (χ1v) is 13.4. The second-order valence-electron chi connectivity index (χ2n) is 9.73. The number of aliphatic hydroxyl groups is 1. The molecule has 3 atom stereocenters. The fourth-order valence-corrected chi connectivity index (χ4v) is 5.38. The summed E-state index contributed by atoms with van der Waals surface area (Å²) in [5, 5.41) is 11.0. The highest BCUT2D eigenvalue weighted by molar-refractivity contribution is 7.71. The molecule has 4 aromatic rings. The summed E-state index contributed by atoms with van der Waals surface area (Å²) in [7, 11) is 3.26. The largest absolute Gasteiger partial charge is 0.497 e. The lowest BCUT2D eigenvalue weighted by Gasteiger charge is -2.37. The summed E-state index contributed by atoms with van der Waals surface area (Å²) in [4.78, 5) is 14.6. The van der Waals surface area contributed by atoms with E-state index in [9.17, 15) is 9.90 Å². The van der Waals surface area contributed by atoms with Gasteiger partial charge >= 0.3 is 0 Å². The van der Waals surface area contributed by atoms with E-state index in [1.165, 1.54) is 0 Å². The summed E-state index contributed by atoms with van der Waals surface area (Å²) in [6.45, 7) is 1.79. The van der Waals surface area contributed by atoms with E-state index in [2.05, 4.69) is 4.98 Å². The van der Waals surface area contributed by atoms with Gasteiger partial charge in [0.05, 0.1) is 26.9 Å². The van der Waals surface area contributed by atoms with Gasteiger partial charge in [0.25, 0.3) is 5.56 Å². The Morgan fingerprint density at radius 3 is 2.05 bits per heavy atom. The van der Waals surface area contributed by atoms with Crippen LogP contribution in [0.1, 0.15) is 34.9 Å². The highest BCUT2D eigenvalue weighted by Crippen LogP contribution is 2.42. The van der Waals surface area contributed by atoms with Gasteiger partial charge < -0.3 is 24.1 Å². The molecule has 1 aliphatic heterocycles. The van der Waals surface area contributed by atoms with E-state index >= 15 is 0 Å². The van der Waals surface area contributed by atoms with Crippen molar-refractivity contribution < 1.29 is 24.1 Å². The number of ether oxygens (including phenoxy) is 4. The number of aryl methyl sites for hydroxylation is 1. The molecule has 0 saturated carbocycles. The molecule has 1 aliphatic rings. The number of benzene rings is 3.